The molecule has 2 heterocycles. The van der Waals surface area contributed by atoms with E-state index in [2.05, 4.69) is 18.0 Å². The Bertz CT molecular complexity index is 416. The molecule has 1 saturated heterocycles. The quantitative estimate of drug-likeness (QED) is 0.772. The van der Waals surface area contributed by atoms with Gasteiger partial charge in [0.25, 0.3) is 5.56 Å². The van der Waals surface area contributed by atoms with Crippen molar-refractivity contribution in [3.63, 3.8) is 0 Å². The van der Waals surface area contributed by atoms with Gasteiger partial charge < -0.3 is 9.47 Å². The van der Waals surface area contributed by atoms with Gasteiger partial charge in [-0.1, -0.05) is 0 Å². The Labute approximate surface area is 96.7 Å². The summed E-state index contributed by atoms with van der Waals surface area (Å²) in [5, 5.41) is 0. The van der Waals surface area contributed by atoms with Crippen LogP contribution in [0.25, 0.3) is 0 Å². The van der Waals surface area contributed by atoms with Gasteiger partial charge in [-0.05, 0) is 44.9 Å². The first kappa shape index (κ1) is 11.4. The molecular weight excluding hydrogens is 200 g/mol. The van der Waals surface area contributed by atoms with E-state index in [-0.39, 0.29) is 11.6 Å². The molecule has 0 radical (unpaired) electrons. The van der Waals surface area contributed by atoms with Gasteiger partial charge in [-0.25, -0.2) is 0 Å². The monoisotopic (exact) mass is 220 g/mol. The summed E-state index contributed by atoms with van der Waals surface area (Å²) in [4.78, 5) is 14.1. The van der Waals surface area contributed by atoms with Crippen molar-refractivity contribution in [2.75, 3.05) is 20.1 Å². The predicted octanol–water partition coefficient (Wildman–Crippen LogP) is 1.53. The van der Waals surface area contributed by atoms with Crippen LogP contribution >= 0.6 is 0 Å². The maximum atomic E-state index is 11.8. The summed E-state index contributed by atoms with van der Waals surface area (Å²) in [5.74, 6) is 0.735. The van der Waals surface area contributed by atoms with Crippen molar-refractivity contribution in [1.82, 2.24) is 9.47 Å². The van der Waals surface area contributed by atoms with Crippen LogP contribution in [0.1, 0.15) is 25.5 Å². The van der Waals surface area contributed by atoms with Crippen LogP contribution in [0.4, 0.5) is 0 Å². The third-order valence-electron chi connectivity index (χ3n) is 3.23. The third-order valence-corrected chi connectivity index (χ3v) is 3.23. The fraction of sp³-hybridized carbons (Fsp3) is 0.615. The average molecular weight is 220 g/mol. The summed E-state index contributed by atoms with van der Waals surface area (Å²) >= 11 is 0. The fourth-order valence-electron chi connectivity index (χ4n) is 2.37. The Morgan fingerprint density at radius 1 is 1.44 bits per heavy atom. The van der Waals surface area contributed by atoms with Crippen molar-refractivity contribution in [2.24, 2.45) is 5.92 Å². The van der Waals surface area contributed by atoms with Gasteiger partial charge in [0.2, 0.25) is 0 Å². The van der Waals surface area contributed by atoms with Crippen molar-refractivity contribution in [3.8, 4) is 0 Å². The molecular formula is C13H20N2O. The topological polar surface area (TPSA) is 25.2 Å². The van der Waals surface area contributed by atoms with Crippen LogP contribution in [0.15, 0.2) is 23.1 Å². The first-order chi connectivity index (χ1) is 7.56. The van der Waals surface area contributed by atoms with Gasteiger partial charge in [0, 0.05) is 31.4 Å². The van der Waals surface area contributed by atoms with Crippen molar-refractivity contribution >= 4 is 0 Å². The van der Waals surface area contributed by atoms with Gasteiger partial charge in [-0.15, -0.1) is 0 Å². The lowest BCUT2D eigenvalue weighted by atomic mass is 9.93. The summed E-state index contributed by atoms with van der Waals surface area (Å²) in [6, 6.07) is 4.12. The molecule has 1 aliphatic rings. The summed E-state index contributed by atoms with van der Waals surface area (Å²) < 4.78 is 1.77. The first-order valence-electron chi connectivity index (χ1n) is 5.96. The summed E-state index contributed by atoms with van der Waals surface area (Å²) in [5.41, 5.74) is 1.31. The molecule has 1 aromatic rings. The molecule has 0 N–H and O–H groups in total. The lowest BCUT2D eigenvalue weighted by Crippen LogP contribution is -2.44. The molecule has 1 aromatic heterocycles. The van der Waals surface area contributed by atoms with E-state index in [0.717, 1.165) is 25.4 Å². The second-order valence-corrected chi connectivity index (χ2v) is 5.17. The number of hydrogen-bond acceptors (Lipinski definition) is 2. The highest BCUT2D eigenvalue weighted by atomic mass is 16.1. The van der Waals surface area contributed by atoms with E-state index in [0.29, 0.717) is 0 Å². The molecule has 2 rings (SSSR count). The molecule has 16 heavy (non-hydrogen) atoms. The second kappa shape index (κ2) is 4.42. The van der Waals surface area contributed by atoms with Gasteiger partial charge in [-0.2, -0.15) is 0 Å². The van der Waals surface area contributed by atoms with E-state index in [1.165, 1.54) is 5.56 Å². The lowest BCUT2D eigenvalue weighted by Gasteiger charge is -2.36. The smallest absolute Gasteiger partial charge is 0.251 e. The van der Waals surface area contributed by atoms with Crippen LogP contribution in [-0.4, -0.2) is 29.6 Å². The number of pyridine rings is 1. The minimum Gasteiger partial charge on any atom is -0.313 e. The van der Waals surface area contributed by atoms with E-state index in [1.807, 2.05) is 20.0 Å². The SMILES string of the molecule is CC(C)n1ccc(CC2CN(C)C2)cc1=O. The Kier molecular flexibility index (Phi) is 3.15. The van der Waals surface area contributed by atoms with Crippen LogP contribution in [0.2, 0.25) is 0 Å². The first-order valence-corrected chi connectivity index (χ1v) is 5.96. The molecule has 0 amide bonds. The van der Waals surface area contributed by atoms with E-state index < -0.39 is 0 Å². The zero-order valence-corrected chi connectivity index (χ0v) is 10.3. The van der Waals surface area contributed by atoms with E-state index >= 15 is 0 Å². The second-order valence-electron chi connectivity index (χ2n) is 5.17. The van der Waals surface area contributed by atoms with Crippen LogP contribution in [0.3, 0.4) is 0 Å². The molecule has 3 nitrogen and oxygen atoms in total. The normalized spacial score (nSPS) is 17.8. The Morgan fingerprint density at radius 3 is 2.62 bits per heavy atom. The zero-order valence-electron chi connectivity index (χ0n) is 10.3. The molecule has 0 saturated carbocycles. The molecule has 1 aliphatic heterocycles. The molecule has 0 atom stereocenters. The summed E-state index contributed by atoms with van der Waals surface area (Å²) in [6.45, 7) is 6.38. The number of nitrogens with zero attached hydrogens (tertiary/aromatic N) is 2. The fourth-order valence-corrected chi connectivity index (χ4v) is 2.37. The van der Waals surface area contributed by atoms with Gasteiger partial charge in [0.15, 0.2) is 0 Å². The van der Waals surface area contributed by atoms with Gasteiger partial charge in [0.1, 0.15) is 0 Å². The third kappa shape index (κ3) is 2.35. The largest absolute Gasteiger partial charge is 0.313 e. The molecule has 0 aliphatic carbocycles. The van der Waals surface area contributed by atoms with Crippen LogP contribution in [0.5, 0.6) is 0 Å². The summed E-state index contributed by atoms with van der Waals surface area (Å²) in [6.07, 6.45) is 2.96. The van der Waals surface area contributed by atoms with Crippen molar-refractivity contribution < 1.29 is 0 Å². The van der Waals surface area contributed by atoms with E-state index in [1.54, 1.807) is 10.6 Å². The Hall–Kier alpha value is -1.09. The van der Waals surface area contributed by atoms with Crippen molar-refractivity contribution in [3.05, 3.63) is 34.2 Å². The highest BCUT2D eigenvalue weighted by Gasteiger charge is 2.23. The number of aromatic nitrogens is 1. The number of hydrogen-bond donors (Lipinski definition) is 0. The standard InChI is InChI=1S/C13H20N2O/c1-10(2)15-5-4-11(7-13(15)16)6-12-8-14(3)9-12/h4-5,7,10,12H,6,8-9H2,1-3H3. The van der Waals surface area contributed by atoms with E-state index in [4.69, 9.17) is 0 Å². The predicted molar refractivity (Wildman–Crippen MR) is 65.8 cm³/mol. The summed E-state index contributed by atoms with van der Waals surface area (Å²) in [7, 11) is 2.13. The maximum absolute atomic E-state index is 11.8. The minimum absolute atomic E-state index is 0.125. The molecule has 3 heteroatoms. The number of likely N-dealkylation sites (tertiary alicyclic amines) is 1. The lowest BCUT2D eigenvalue weighted by molar-refractivity contribution is 0.134. The van der Waals surface area contributed by atoms with Crippen LogP contribution in [0, 0.1) is 5.92 Å². The molecule has 0 bridgehead atoms. The highest BCUT2D eigenvalue weighted by molar-refractivity contribution is 5.13. The van der Waals surface area contributed by atoms with Gasteiger partial charge in [0.05, 0.1) is 0 Å². The maximum Gasteiger partial charge on any atom is 0.251 e. The molecule has 0 unspecified atom stereocenters. The van der Waals surface area contributed by atoms with Crippen LogP contribution in [-0.2, 0) is 6.42 Å². The Morgan fingerprint density at radius 2 is 2.12 bits per heavy atom. The molecule has 88 valence electrons. The zero-order chi connectivity index (χ0) is 11.7. The highest BCUT2D eigenvalue weighted by Crippen LogP contribution is 2.17. The number of rotatable bonds is 3. The van der Waals surface area contributed by atoms with Crippen molar-refractivity contribution in [1.29, 1.82) is 0 Å². The molecule has 1 fully saturated rings. The molecule has 0 spiro atoms. The Balaban J connectivity index is 2.06. The van der Waals surface area contributed by atoms with E-state index in [9.17, 15) is 4.79 Å². The average Bonchev–Trinajstić information content (AvgIpc) is 2.15. The van der Waals surface area contributed by atoms with Crippen molar-refractivity contribution in [2.45, 2.75) is 26.3 Å². The minimum atomic E-state index is 0.125. The van der Waals surface area contributed by atoms with Gasteiger partial charge in [-0.3, -0.25) is 4.79 Å². The van der Waals surface area contributed by atoms with Gasteiger partial charge >= 0.3 is 0 Å². The molecule has 0 aromatic carbocycles. The van der Waals surface area contributed by atoms with Crippen LogP contribution < -0.4 is 5.56 Å².